The van der Waals surface area contributed by atoms with E-state index in [9.17, 15) is 9.59 Å². The summed E-state index contributed by atoms with van der Waals surface area (Å²) in [7, 11) is 1.34. The molecule has 0 aromatic rings. The van der Waals surface area contributed by atoms with Crippen LogP contribution in [0.25, 0.3) is 0 Å². The molecule has 1 fully saturated rings. The van der Waals surface area contributed by atoms with Gasteiger partial charge >= 0.3 is 5.97 Å². The molecule has 1 atom stereocenters. The number of rotatable bonds is 4. The molecule has 18 heavy (non-hydrogen) atoms. The van der Waals surface area contributed by atoms with Gasteiger partial charge in [-0.2, -0.15) is 0 Å². The smallest absolute Gasteiger partial charge is 0.328 e. The summed E-state index contributed by atoms with van der Waals surface area (Å²) in [5.74, 6) is -0.431. The van der Waals surface area contributed by atoms with E-state index < -0.39 is 6.04 Å². The first kappa shape index (κ1) is 15.0. The van der Waals surface area contributed by atoms with Gasteiger partial charge < -0.3 is 15.8 Å². The third kappa shape index (κ3) is 3.98. The van der Waals surface area contributed by atoms with Crippen molar-refractivity contribution in [3.8, 4) is 0 Å². The monoisotopic (exact) mass is 256 g/mol. The minimum absolute atomic E-state index is 0.0179. The van der Waals surface area contributed by atoms with E-state index in [4.69, 9.17) is 10.5 Å². The van der Waals surface area contributed by atoms with Gasteiger partial charge in [0.15, 0.2) is 0 Å². The molecule has 1 amide bonds. The second-order valence-corrected chi connectivity index (χ2v) is 5.37. The van der Waals surface area contributed by atoms with Crippen LogP contribution in [0.15, 0.2) is 0 Å². The number of methoxy groups -OCH3 is 1. The summed E-state index contributed by atoms with van der Waals surface area (Å²) in [5, 5.41) is 2.80. The highest BCUT2D eigenvalue weighted by molar-refractivity contribution is 5.85. The summed E-state index contributed by atoms with van der Waals surface area (Å²) in [6.45, 7) is 3.78. The van der Waals surface area contributed by atoms with Gasteiger partial charge in [0, 0.05) is 12.0 Å². The van der Waals surface area contributed by atoms with Gasteiger partial charge in [0.2, 0.25) is 5.91 Å². The van der Waals surface area contributed by atoms with Crippen molar-refractivity contribution in [2.24, 2.45) is 17.6 Å². The minimum atomic E-state index is -0.557. The number of amides is 1. The number of esters is 1. The number of hydrogen-bond acceptors (Lipinski definition) is 4. The second kappa shape index (κ2) is 6.73. The first-order chi connectivity index (χ1) is 8.45. The van der Waals surface area contributed by atoms with Gasteiger partial charge in [0.1, 0.15) is 6.04 Å². The van der Waals surface area contributed by atoms with Crippen molar-refractivity contribution >= 4 is 11.9 Å². The van der Waals surface area contributed by atoms with Crippen molar-refractivity contribution in [1.82, 2.24) is 5.32 Å². The highest BCUT2D eigenvalue weighted by Crippen LogP contribution is 2.23. The predicted octanol–water partition coefficient (Wildman–Crippen LogP) is 0.818. The molecular weight excluding hydrogens is 232 g/mol. The third-order valence-corrected chi connectivity index (χ3v) is 3.56. The first-order valence-corrected chi connectivity index (χ1v) is 6.59. The number of nitrogens with one attached hydrogen (secondary N) is 1. The number of hydrogen-bond donors (Lipinski definition) is 2. The SMILES string of the molecule is COC(=O)[C@H](NC(=O)C1CCC(N)CC1)C(C)C. The van der Waals surface area contributed by atoms with Gasteiger partial charge in [0.25, 0.3) is 0 Å². The Morgan fingerprint density at radius 1 is 1.22 bits per heavy atom. The van der Waals surface area contributed by atoms with Crippen LogP contribution in [-0.4, -0.2) is 31.1 Å². The summed E-state index contributed by atoms with van der Waals surface area (Å²) in [5.41, 5.74) is 5.81. The lowest BCUT2D eigenvalue weighted by Crippen LogP contribution is -2.48. The topological polar surface area (TPSA) is 81.4 Å². The first-order valence-electron chi connectivity index (χ1n) is 6.59. The molecule has 0 saturated heterocycles. The van der Waals surface area contributed by atoms with E-state index in [1.165, 1.54) is 7.11 Å². The van der Waals surface area contributed by atoms with Gasteiger partial charge in [-0.15, -0.1) is 0 Å². The molecule has 1 saturated carbocycles. The molecular formula is C13H24N2O3. The Kier molecular flexibility index (Phi) is 5.59. The van der Waals surface area contributed by atoms with Crippen LogP contribution in [0.2, 0.25) is 0 Å². The minimum Gasteiger partial charge on any atom is -0.467 e. The molecule has 1 aliphatic carbocycles. The Hall–Kier alpha value is -1.10. The molecule has 5 heteroatoms. The van der Waals surface area contributed by atoms with Crippen molar-refractivity contribution in [3.05, 3.63) is 0 Å². The molecule has 0 bridgehead atoms. The Labute approximate surface area is 108 Å². The fraction of sp³-hybridized carbons (Fsp3) is 0.846. The Morgan fingerprint density at radius 2 is 1.78 bits per heavy atom. The standard InChI is InChI=1S/C13H24N2O3/c1-8(2)11(13(17)18-3)15-12(16)9-4-6-10(14)7-5-9/h8-11H,4-7,14H2,1-3H3,(H,15,16)/t9?,10?,11-/m1/s1. The third-order valence-electron chi connectivity index (χ3n) is 3.56. The molecule has 3 N–H and O–H groups in total. The lowest BCUT2D eigenvalue weighted by Gasteiger charge is -2.27. The van der Waals surface area contributed by atoms with E-state index in [0.717, 1.165) is 25.7 Å². The number of carbonyl (C=O) groups excluding carboxylic acids is 2. The lowest BCUT2D eigenvalue weighted by atomic mass is 9.85. The Bertz CT molecular complexity index is 297. The summed E-state index contributed by atoms with van der Waals surface area (Å²) < 4.78 is 4.71. The lowest BCUT2D eigenvalue weighted by molar-refractivity contribution is -0.147. The Morgan fingerprint density at radius 3 is 2.22 bits per heavy atom. The molecule has 0 aliphatic heterocycles. The zero-order valence-electron chi connectivity index (χ0n) is 11.4. The van der Waals surface area contributed by atoms with Crippen molar-refractivity contribution in [3.63, 3.8) is 0 Å². The van der Waals surface area contributed by atoms with Gasteiger partial charge in [-0.05, 0) is 31.6 Å². The summed E-state index contributed by atoms with van der Waals surface area (Å²) in [4.78, 5) is 23.6. The zero-order valence-corrected chi connectivity index (χ0v) is 11.4. The van der Waals surface area contributed by atoms with Crippen LogP contribution in [0.5, 0.6) is 0 Å². The van der Waals surface area contributed by atoms with Crippen LogP contribution < -0.4 is 11.1 Å². The maximum atomic E-state index is 12.1. The van der Waals surface area contributed by atoms with Gasteiger partial charge in [-0.1, -0.05) is 13.8 Å². The molecule has 0 aromatic heterocycles. The molecule has 1 aliphatic rings. The van der Waals surface area contributed by atoms with E-state index in [2.05, 4.69) is 5.32 Å². The van der Waals surface area contributed by atoms with Crippen LogP contribution in [0.4, 0.5) is 0 Å². The van der Waals surface area contributed by atoms with Crippen molar-refractivity contribution in [2.75, 3.05) is 7.11 Å². The second-order valence-electron chi connectivity index (χ2n) is 5.37. The molecule has 5 nitrogen and oxygen atoms in total. The van der Waals surface area contributed by atoms with E-state index in [0.29, 0.717) is 0 Å². The van der Waals surface area contributed by atoms with Crippen LogP contribution in [-0.2, 0) is 14.3 Å². The normalized spacial score (nSPS) is 25.6. The summed E-state index contributed by atoms with van der Waals surface area (Å²) >= 11 is 0. The molecule has 104 valence electrons. The van der Waals surface area contributed by atoms with Crippen LogP contribution in [0, 0.1) is 11.8 Å². The zero-order chi connectivity index (χ0) is 13.7. The molecule has 0 radical (unpaired) electrons. The highest BCUT2D eigenvalue weighted by atomic mass is 16.5. The van der Waals surface area contributed by atoms with Gasteiger partial charge in [-0.3, -0.25) is 4.79 Å². The number of nitrogens with two attached hydrogens (primary N) is 1. The van der Waals surface area contributed by atoms with Crippen molar-refractivity contribution in [2.45, 2.75) is 51.6 Å². The summed E-state index contributed by atoms with van der Waals surface area (Å²) in [6.07, 6.45) is 3.36. The average molecular weight is 256 g/mol. The predicted molar refractivity (Wildman–Crippen MR) is 68.7 cm³/mol. The summed E-state index contributed by atoms with van der Waals surface area (Å²) in [6, 6.07) is -0.339. The van der Waals surface area contributed by atoms with E-state index >= 15 is 0 Å². The van der Waals surface area contributed by atoms with Crippen LogP contribution >= 0.6 is 0 Å². The van der Waals surface area contributed by atoms with Crippen molar-refractivity contribution < 1.29 is 14.3 Å². The maximum Gasteiger partial charge on any atom is 0.328 e. The van der Waals surface area contributed by atoms with Gasteiger partial charge in [-0.25, -0.2) is 4.79 Å². The van der Waals surface area contributed by atoms with E-state index in [1.807, 2.05) is 13.8 Å². The largest absolute Gasteiger partial charge is 0.467 e. The van der Waals surface area contributed by atoms with E-state index in [-0.39, 0.29) is 29.8 Å². The molecule has 0 spiro atoms. The quantitative estimate of drug-likeness (QED) is 0.730. The van der Waals surface area contributed by atoms with E-state index in [1.54, 1.807) is 0 Å². The van der Waals surface area contributed by atoms with Gasteiger partial charge in [0.05, 0.1) is 7.11 Å². The van der Waals surface area contributed by atoms with Crippen molar-refractivity contribution in [1.29, 1.82) is 0 Å². The molecule has 0 unspecified atom stereocenters. The maximum absolute atomic E-state index is 12.1. The fourth-order valence-corrected chi connectivity index (χ4v) is 2.28. The van der Waals surface area contributed by atoms with Crippen LogP contribution in [0.1, 0.15) is 39.5 Å². The number of carbonyl (C=O) groups is 2. The number of ether oxygens (including phenoxy) is 1. The molecule has 0 aromatic carbocycles. The fourth-order valence-electron chi connectivity index (χ4n) is 2.28. The van der Waals surface area contributed by atoms with Crippen LogP contribution in [0.3, 0.4) is 0 Å². The highest BCUT2D eigenvalue weighted by Gasteiger charge is 2.30. The Balaban J connectivity index is 2.53. The average Bonchev–Trinajstić information content (AvgIpc) is 2.35. The molecule has 1 rings (SSSR count). The molecule has 0 heterocycles.